The van der Waals surface area contributed by atoms with Crippen molar-refractivity contribution in [2.75, 3.05) is 0 Å². The molecule has 0 atom stereocenters. The van der Waals surface area contributed by atoms with Crippen LogP contribution in [0.5, 0.6) is 0 Å². The summed E-state index contributed by atoms with van der Waals surface area (Å²) in [6.45, 7) is 5.76. The van der Waals surface area contributed by atoms with Gasteiger partial charge in [-0.15, -0.1) is 0 Å². The predicted octanol–water partition coefficient (Wildman–Crippen LogP) is 4.14. The fourth-order valence-corrected chi connectivity index (χ4v) is 1.70. The van der Waals surface area contributed by atoms with Gasteiger partial charge < -0.3 is 0 Å². The topological polar surface area (TPSA) is 17.1 Å². The van der Waals surface area contributed by atoms with Crippen LogP contribution in [0.3, 0.4) is 0 Å². The summed E-state index contributed by atoms with van der Waals surface area (Å²) in [7, 11) is 0. The van der Waals surface area contributed by atoms with Crippen LogP contribution in [-0.2, 0) is 11.2 Å². The molecule has 16 heavy (non-hydrogen) atoms. The molecule has 0 amide bonds. The van der Waals surface area contributed by atoms with Crippen molar-refractivity contribution in [1.29, 1.82) is 0 Å². The second kappa shape index (κ2) is 5.09. The van der Waals surface area contributed by atoms with Gasteiger partial charge in [0, 0.05) is 16.3 Å². The van der Waals surface area contributed by atoms with Gasteiger partial charge in [0.15, 0.2) is 0 Å². The average Bonchev–Trinajstić information content (AvgIpc) is 2.23. The molecule has 0 radical (unpaired) electrons. The molecule has 0 N–H and O–H groups in total. The number of ketones is 1. The first-order chi connectivity index (χ1) is 7.36. The SMILES string of the molecule is CCC(C)(C)C(=O)Cc1cc(Br)ccc1F. The van der Waals surface area contributed by atoms with Crippen LogP contribution in [0.2, 0.25) is 0 Å². The number of halogens is 2. The Balaban J connectivity index is 2.89. The lowest BCUT2D eigenvalue weighted by atomic mass is 9.82. The van der Waals surface area contributed by atoms with Crippen molar-refractivity contribution in [3.05, 3.63) is 34.1 Å². The van der Waals surface area contributed by atoms with Gasteiger partial charge in [0.05, 0.1) is 0 Å². The van der Waals surface area contributed by atoms with Crippen LogP contribution in [0, 0.1) is 11.2 Å². The van der Waals surface area contributed by atoms with Gasteiger partial charge in [-0.25, -0.2) is 4.39 Å². The smallest absolute Gasteiger partial charge is 0.142 e. The molecule has 1 rings (SSSR count). The maximum atomic E-state index is 13.4. The lowest BCUT2D eigenvalue weighted by molar-refractivity contribution is -0.126. The molecule has 0 unspecified atom stereocenters. The molecule has 0 fully saturated rings. The summed E-state index contributed by atoms with van der Waals surface area (Å²) < 4.78 is 14.2. The highest BCUT2D eigenvalue weighted by atomic mass is 79.9. The van der Waals surface area contributed by atoms with Crippen molar-refractivity contribution in [3.63, 3.8) is 0 Å². The van der Waals surface area contributed by atoms with E-state index in [9.17, 15) is 9.18 Å². The number of benzene rings is 1. The Bertz CT molecular complexity index is 399. The summed E-state index contributed by atoms with van der Waals surface area (Å²) in [5, 5.41) is 0. The van der Waals surface area contributed by atoms with Crippen LogP contribution < -0.4 is 0 Å². The minimum absolute atomic E-state index is 0.0759. The molecule has 0 aromatic heterocycles. The fourth-order valence-electron chi connectivity index (χ4n) is 1.29. The minimum Gasteiger partial charge on any atom is -0.299 e. The molecule has 1 aromatic rings. The van der Waals surface area contributed by atoms with E-state index < -0.39 is 0 Å². The first-order valence-electron chi connectivity index (χ1n) is 5.34. The van der Waals surface area contributed by atoms with Gasteiger partial charge in [0.2, 0.25) is 0 Å². The van der Waals surface area contributed by atoms with Gasteiger partial charge in [0.1, 0.15) is 11.6 Å². The molecule has 88 valence electrons. The van der Waals surface area contributed by atoms with Crippen molar-refractivity contribution in [2.24, 2.45) is 5.41 Å². The Hall–Kier alpha value is -0.700. The number of rotatable bonds is 4. The Morgan fingerprint density at radius 1 is 1.44 bits per heavy atom. The number of hydrogen-bond donors (Lipinski definition) is 0. The maximum absolute atomic E-state index is 13.4. The molecule has 1 nitrogen and oxygen atoms in total. The lowest BCUT2D eigenvalue weighted by Gasteiger charge is -2.20. The third-order valence-electron chi connectivity index (χ3n) is 3.00. The summed E-state index contributed by atoms with van der Waals surface area (Å²) in [6, 6.07) is 4.68. The zero-order valence-electron chi connectivity index (χ0n) is 9.81. The van der Waals surface area contributed by atoms with Gasteiger partial charge in [-0.05, 0) is 30.2 Å². The average molecular weight is 287 g/mol. The van der Waals surface area contributed by atoms with Crippen molar-refractivity contribution in [1.82, 2.24) is 0 Å². The van der Waals surface area contributed by atoms with Crippen LogP contribution in [-0.4, -0.2) is 5.78 Å². The summed E-state index contributed by atoms with van der Waals surface area (Å²) in [6.07, 6.45) is 0.924. The molecule has 0 bridgehead atoms. The predicted molar refractivity (Wildman–Crippen MR) is 66.9 cm³/mol. The van der Waals surface area contributed by atoms with E-state index in [1.54, 1.807) is 12.1 Å². The monoisotopic (exact) mass is 286 g/mol. The second-order valence-corrected chi connectivity index (χ2v) is 5.49. The lowest BCUT2D eigenvalue weighted by Crippen LogP contribution is -2.25. The standard InChI is InChI=1S/C13H16BrFO/c1-4-13(2,3)12(16)8-9-7-10(14)5-6-11(9)15/h5-7H,4,8H2,1-3H3. The van der Waals surface area contributed by atoms with Crippen LogP contribution in [0.15, 0.2) is 22.7 Å². The van der Waals surface area contributed by atoms with Gasteiger partial charge in [-0.3, -0.25) is 4.79 Å². The van der Waals surface area contributed by atoms with Crippen LogP contribution in [0.25, 0.3) is 0 Å². The summed E-state index contributed by atoms with van der Waals surface area (Å²) in [5.41, 5.74) is 0.0790. The van der Waals surface area contributed by atoms with Crippen LogP contribution >= 0.6 is 15.9 Å². The van der Waals surface area contributed by atoms with E-state index in [0.29, 0.717) is 5.56 Å². The van der Waals surface area contributed by atoms with Crippen LogP contribution in [0.4, 0.5) is 4.39 Å². The number of carbonyl (C=O) groups excluding carboxylic acids is 1. The molecule has 0 aliphatic rings. The molecule has 0 aliphatic carbocycles. The van der Waals surface area contributed by atoms with E-state index >= 15 is 0 Å². The third-order valence-corrected chi connectivity index (χ3v) is 3.49. The zero-order valence-corrected chi connectivity index (χ0v) is 11.4. The Morgan fingerprint density at radius 2 is 2.06 bits per heavy atom. The van der Waals surface area contributed by atoms with Gasteiger partial charge in [-0.2, -0.15) is 0 Å². The molecule has 1 aromatic carbocycles. The van der Waals surface area contributed by atoms with E-state index in [4.69, 9.17) is 0 Å². The van der Waals surface area contributed by atoms with Crippen molar-refractivity contribution >= 4 is 21.7 Å². The molecular formula is C13H16BrFO. The third kappa shape index (κ3) is 3.14. The summed E-state index contributed by atoms with van der Waals surface area (Å²) in [5.74, 6) is -0.240. The van der Waals surface area contributed by atoms with Gasteiger partial charge in [0.25, 0.3) is 0 Å². The van der Waals surface area contributed by atoms with Crippen molar-refractivity contribution in [2.45, 2.75) is 33.6 Å². The van der Waals surface area contributed by atoms with Crippen LogP contribution in [0.1, 0.15) is 32.8 Å². The van der Waals surface area contributed by atoms with E-state index in [1.165, 1.54) is 6.07 Å². The Morgan fingerprint density at radius 3 is 2.62 bits per heavy atom. The first-order valence-corrected chi connectivity index (χ1v) is 6.13. The quantitative estimate of drug-likeness (QED) is 0.813. The first kappa shape index (κ1) is 13.4. The molecular weight excluding hydrogens is 271 g/mol. The molecule has 3 heteroatoms. The van der Waals surface area contributed by atoms with Crippen molar-refractivity contribution in [3.8, 4) is 0 Å². The minimum atomic E-state index is -0.380. The fraction of sp³-hybridized carbons (Fsp3) is 0.462. The molecule has 0 saturated heterocycles. The van der Waals surface area contributed by atoms with E-state index in [2.05, 4.69) is 15.9 Å². The maximum Gasteiger partial charge on any atom is 0.142 e. The second-order valence-electron chi connectivity index (χ2n) is 4.57. The van der Waals surface area contributed by atoms with E-state index in [-0.39, 0.29) is 23.4 Å². The van der Waals surface area contributed by atoms with E-state index in [0.717, 1.165) is 10.9 Å². The zero-order chi connectivity index (χ0) is 12.3. The number of hydrogen-bond acceptors (Lipinski definition) is 1. The Kier molecular flexibility index (Phi) is 4.25. The largest absolute Gasteiger partial charge is 0.299 e. The Labute approximate surface area is 104 Å². The number of carbonyl (C=O) groups is 1. The highest BCUT2D eigenvalue weighted by Crippen LogP contribution is 2.25. The van der Waals surface area contributed by atoms with E-state index in [1.807, 2.05) is 20.8 Å². The van der Waals surface area contributed by atoms with Gasteiger partial charge >= 0.3 is 0 Å². The molecule has 0 aliphatic heterocycles. The molecule has 0 spiro atoms. The highest BCUT2D eigenvalue weighted by molar-refractivity contribution is 9.10. The molecule has 0 heterocycles. The normalized spacial score (nSPS) is 11.6. The van der Waals surface area contributed by atoms with Crippen molar-refractivity contribution < 1.29 is 9.18 Å². The highest BCUT2D eigenvalue weighted by Gasteiger charge is 2.25. The number of Topliss-reactive ketones (excluding diaryl/α,β-unsaturated/α-hetero) is 1. The summed E-state index contributed by atoms with van der Waals surface area (Å²) >= 11 is 3.28. The van der Waals surface area contributed by atoms with Gasteiger partial charge in [-0.1, -0.05) is 36.7 Å². The summed E-state index contributed by atoms with van der Waals surface area (Å²) in [4.78, 5) is 11.9. The molecule has 0 saturated carbocycles.